The first-order chi connectivity index (χ1) is 11.8. The van der Waals surface area contributed by atoms with Crippen LogP contribution in [-0.4, -0.2) is 28.2 Å². The van der Waals surface area contributed by atoms with Crippen LogP contribution in [0.15, 0.2) is 40.2 Å². The van der Waals surface area contributed by atoms with Crippen LogP contribution in [0.2, 0.25) is 0 Å². The van der Waals surface area contributed by atoms with Crippen molar-refractivity contribution in [3.8, 4) is 27.2 Å². The molecule has 3 aromatic rings. The van der Waals surface area contributed by atoms with Crippen molar-refractivity contribution in [2.24, 2.45) is 0 Å². The molecule has 122 valence electrons. The topological polar surface area (TPSA) is 81.6 Å². The van der Waals surface area contributed by atoms with E-state index in [-0.39, 0.29) is 11.7 Å². The second-order valence-electron chi connectivity index (χ2n) is 4.77. The van der Waals surface area contributed by atoms with Gasteiger partial charge in [0.25, 0.3) is 0 Å². The lowest BCUT2D eigenvalue weighted by Crippen LogP contribution is -2.25. The fourth-order valence-electron chi connectivity index (χ4n) is 2.05. The number of imidazole rings is 1. The number of thioether (sulfide) groups is 1. The van der Waals surface area contributed by atoms with Gasteiger partial charge in [0.15, 0.2) is 5.16 Å². The van der Waals surface area contributed by atoms with E-state index < -0.39 is 0 Å². The summed E-state index contributed by atoms with van der Waals surface area (Å²) in [6.45, 7) is 0.384. The Morgan fingerprint density at radius 3 is 2.71 bits per heavy atom. The van der Waals surface area contributed by atoms with Gasteiger partial charge in [-0.25, -0.2) is 4.98 Å². The van der Waals surface area contributed by atoms with Gasteiger partial charge in [-0.15, -0.1) is 22.7 Å². The number of nitriles is 1. The molecule has 0 radical (unpaired) electrons. The zero-order chi connectivity index (χ0) is 16.8. The van der Waals surface area contributed by atoms with Crippen molar-refractivity contribution in [2.75, 3.05) is 12.3 Å². The minimum atomic E-state index is -0.0954. The maximum atomic E-state index is 11.8. The van der Waals surface area contributed by atoms with Crippen molar-refractivity contribution >= 4 is 40.3 Å². The monoisotopic (exact) mass is 374 g/mol. The van der Waals surface area contributed by atoms with Crippen LogP contribution in [0, 0.1) is 11.3 Å². The third-order valence-corrected chi connectivity index (χ3v) is 5.74. The Labute approximate surface area is 151 Å². The molecule has 0 fully saturated rings. The predicted octanol–water partition coefficient (Wildman–Crippen LogP) is 3.99. The van der Waals surface area contributed by atoms with Crippen molar-refractivity contribution in [1.82, 2.24) is 15.3 Å². The van der Waals surface area contributed by atoms with E-state index in [1.807, 2.05) is 35.0 Å². The van der Waals surface area contributed by atoms with Crippen LogP contribution in [0.5, 0.6) is 0 Å². The number of hydrogen-bond donors (Lipinski definition) is 2. The number of aromatic nitrogens is 2. The number of rotatable bonds is 7. The van der Waals surface area contributed by atoms with Gasteiger partial charge in [0.1, 0.15) is 5.69 Å². The van der Waals surface area contributed by atoms with E-state index >= 15 is 0 Å². The number of hydrogen-bond acceptors (Lipinski definition) is 6. The number of carbonyl (C=O) groups is 1. The fourth-order valence-corrected chi connectivity index (χ4v) is 4.20. The molecule has 0 saturated heterocycles. The van der Waals surface area contributed by atoms with Crippen molar-refractivity contribution in [3.05, 3.63) is 35.0 Å². The van der Waals surface area contributed by atoms with Crippen LogP contribution in [0.4, 0.5) is 0 Å². The molecule has 0 spiro atoms. The lowest BCUT2D eigenvalue weighted by molar-refractivity contribution is -0.118. The van der Waals surface area contributed by atoms with Gasteiger partial charge in [-0.2, -0.15) is 5.26 Å². The first kappa shape index (κ1) is 16.8. The summed E-state index contributed by atoms with van der Waals surface area (Å²) in [5.41, 5.74) is 1.90. The molecule has 0 aromatic carbocycles. The summed E-state index contributed by atoms with van der Waals surface area (Å²) in [6, 6.07) is 10.1. The summed E-state index contributed by atoms with van der Waals surface area (Å²) < 4.78 is 0. The van der Waals surface area contributed by atoms with E-state index in [0.29, 0.717) is 13.0 Å². The SMILES string of the molecule is N#CCCNC(=O)CSc1nc(-c2cccs2)c(-c2cccs2)[nH]1. The fraction of sp³-hybridized carbons (Fsp3) is 0.188. The average Bonchev–Trinajstić information content (AvgIpc) is 3.32. The molecule has 0 aliphatic rings. The second kappa shape index (κ2) is 8.15. The molecule has 24 heavy (non-hydrogen) atoms. The van der Waals surface area contributed by atoms with Gasteiger partial charge in [-0.3, -0.25) is 4.79 Å². The third kappa shape index (κ3) is 4.06. The number of nitrogens with zero attached hydrogens (tertiary/aromatic N) is 2. The molecule has 5 nitrogen and oxygen atoms in total. The zero-order valence-electron chi connectivity index (χ0n) is 12.6. The van der Waals surface area contributed by atoms with Crippen LogP contribution in [0.3, 0.4) is 0 Å². The Hall–Kier alpha value is -2.08. The number of amides is 1. The van der Waals surface area contributed by atoms with Crippen LogP contribution in [0.1, 0.15) is 6.42 Å². The van der Waals surface area contributed by atoms with Crippen LogP contribution < -0.4 is 5.32 Å². The van der Waals surface area contributed by atoms with E-state index in [0.717, 1.165) is 26.3 Å². The Kier molecular flexibility index (Phi) is 5.69. The van der Waals surface area contributed by atoms with E-state index in [1.54, 1.807) is 22.7 Å². The smallest absolute Gasteiger partial charge is 0.230 e. The van der Waals surface area contributed by atoms with Crippen LogP contribution in [-0.2, 0) is 4.79 Å². The molecule has 3 heterocycles. The van der Waals surface area contributed by atoms with Crippen molar-refractivity contribution < 1.29 is 4.79 Å². The molecular weight excluding hydrogens is 360 g/mol. The number of thiophene rings is 2. The van der Waals surface area contributed by atoms with Gasteiger partial charge in [0.05, 0.1) is 33.7 Å². The zero-order valence-corrected chi connectivity index (χ0v) is 15.1. The highest BCUT2D eigenvalue weighted by Crippen LogP contribution is 2.36. The lowest BCUT2D eigenvalue weighted by Gasteiger charge is -2.00. The van der Waals surface area contributed by atoms with E-state index in [1.165, 1.54) is 11.8 Å². The Morgan fingerprint density at radius 1 is 1.29 bits per heavy atom. The van der Waals surface area contributed by atoms with Gasteiger partial charge in [0, 0.05) is 6.54 Å². The Morgan fingerprint density at radius 2 is 2.04 bits per heavy atom. The highest BCUT2D eigenvalue weighted by atomic mass is 32.2. The minimum absolute atomic E-state index is 0.0954. The number of carbonyl (C=O) groups excluding carboxylic acids is 1. The largest absolute Gasteiger partial charge is 0.354 e. The molecule has 1 amide bonds. The molecule has 0 aliphatic heterocycles. The second-order valence-corrected chi connectivity index (χ2v) is 7.63. The number of nitrogens with one attached hydrogen (secondary N) is 2. The molecule has 0 atom stereocenters. The maximum absolute atomic E-state index is 11.8. The molecule has 3 rings (SSSR count). The first-order valence-electron chi connectivity index (χ1n) is 7.22. The highest BCUT2D eigenvalue weighted by Gasteiger charge is 2.16. The van der Waals surface area contributed by atoms with E-state index in [9.17, 15) is 4.79 Å². The summed E-state index contributed by atoms with van der Waals surface area (Å²) >= 11 is 4.66. The summed E-state index contributed by atoms with van der Waals surface area (Å²) in [7, 11) is 0. The van der Waals surface area contributed by atoms with Gasteiger partial charge in [-0.1, -0.05) is 23.9 Å². The summed E-state index contributed by atoms with van der Waals surface area (Å²) in [6.07, 6.45) is 0.322. The normalized spacial score (nSPS) is 10.5. The van der Waals surface area contributed by atoms with E-state index in [4.69, 9.17) is 5.26 Å². The number of H-pyrrole nitrogens is 1. The van der Waals surface area contributed by atoms with Crippen molar-refractivity contribution in [3.63, 3.8) is 0 Å². The average molecular weight is 375 g/mol. The van der Waals surface area contributed by atoms with Gasteiger partial charge in [0.2, 0.25) is 5.91 Å². The molecule has 0 unspecified atom stereocenters. The molecule has 3 aromatic heterocycles. The molecule has 8 heteroatoms. The Bertz CT molecular complexity index is 780. The van der Waals surface area contributed by atoms with Crippen LogP contribution >= 0.6 is 34.4 Å². The summed E-state index contributed by atoms with van der Waals surface area (Å²) in [4.78, 5) is 22.0. The predicted molar refractivity (Wildman–Crippen MR) is 99.2 cm³/mol. The van der Waals surface area contributed by atoms with Crippen LogP contribution in [0.25, 0.3) is 21.1 Å². The molecular formula is C16H14N4OS3. The van der Waals surface area contributed by atoms with Gasteiger partial charge < -0.3 is 10.3 Å². The number of aromatic amines is 1. The van der Waals surface area contributed by atoms with Gasteiger partial charge in [-0.05, 0) is 22.9 Å². The quantitative estimate of drug-likeness (QED) is 0.484. The highest BCUT2D eigenvalue weighted by molar-refractivity contribution is 7.99. The first-order valence-corrected chi connectivity index (χ1v) is 9.96. The molecule has 0 bridgehead atoms. The summed E-state index contributed by atoms with van der Waals surface area (Å²) in [5.74, 6) is 0.175. The van der Waals surface area contributed by atoms with Crippen molar-refractivity contribution in [1.29, 1.82) is 5.26 Å². The molecule has 0 aliphatic carbocycles. The van der Waals surface area contributed by atoms with Crippen molar-refractivity contribution in [2.45, 2.75) is 11.6 Å². The van der Waals surface area contributed by atoms with Gasteiger partial charge >= 0.3 is 0 Å². The molecule has 2 N–H and O–H groups in total. The van der Waals surface area contributed by atoms with E-state index in [2.05, 4.69) is 21.4 Å². The maximum Gasteiger partial charge on any atom is 0.230 e. The standard InChI is InChI=1S/C16H14N4OS3/c17-6-3-7-18-13(21)10-24-16-19-14(11-4-1-8-22-11)15(20-16)12-5-2-9-23-12/h1-2,4-5,8-9H,3,7,10H2,(H,18,21)(H,19,20). The minimum Gasteiger partial charge on any atom is -0.354 e. The third-order valence-electron chi connectivity index (χ3n) is 3.10. The summed E-state index contributed by atoms with van der Waals surface area (Å²) in [5, 5.41) is 16.0. The lowest BCUT2D eigenvalue weighted by atomic mass is 10.2. The molecule has 0 saturated carbocycles. The Balaban J connectivity index is 1.74.